The molecule has 0 saturated carbocycles. The van der Waals surface area contributed by atoms with E-state index in [4.69, 9.17) is 4.74 Å². The summed E-state index contributed by atoms with van der Waals surface area (Å²) in [4.78, 5) is 0. The van der Waals surface area contributed by atoms with E-state index in [1.165, 1.54) is 32.1 Å². The van der Waals surface area contributed by atoms with Crippen LogP contribution in [0.4, 0.5) is 0 Å². The molecule has 72 valence electrons. The molecule has 13 heavy (non-hydrogen) atoms. The maximum absolute atomic E-state index is 5.98. The van der Waals surface area contributed by atoms with E-state index in [1.807, 2.05) is 13.0 Å². The summed E-state index contributed by atoms with van der Waals surface area (Å²) in [6.45, 7) is 2.01. The Morgan fingerprint density at radius 3 is 2.77 bits per heavy atom. The zero-order valence-electron chi connectivity index (χ0n) is 8.38. The molecule has 1 nitrogen and oxygen atoms in total. The van der Waals surface area contributed by atoms with E-state index in [2.05, 4.69) is 11.8 Å². The van der Waals surface area contributed by atoms with E-state index < -0.39 is 0 Å². The lowest BCUT2D eigenvalue weighted by Gasteiger charge is -2.23. The largest absolute Gasteiger partial charge is 0.372 e. The van der Waals surface area contributed by atoms with E-state index >= 15 is 0 Å². The predicted molar refractivity (Wildman–Crippen MR) is 53.6 cm³/mol. The minimum absolute atomic E-state index is 0.274. The zero-order valence-corrected chi connectivity index (χ0v) is 8.38. The molecule has 0 unspecified atom stereocenters. The third kappa shape index (κ3) is 1.87. The van der Waals surface area contributed by atoms with Crippen molar-refractivity contribution in [1.29, 1.82) is 0 Å². The molecule has 0 amide bonds. The summed E-state index contributed by atoms with van der Waals surface area (Å²) >= 11 is 0. The molecule has 0 aromatic carbocycles. The second-order valence-electron chi connectivity index (χ2n) is 4.20. The Hall–Kier alpha value is -0.520. The molecule has 0 aromatic heterocycles. The molecule has 1 heteroatoms. The number of hydrogen-bond acceptors (Lipinski definition) is 1. The first-order valence-corrected chi connectivity index (χ1v) is 5.38. The zero-order chi connectivity index (χ0) is 9.15. The number of hydrogen-bond donors (Lipinski definition) is 0. The molecule has 2 aliphatic heterocycles. The first-order valence-electron chi connectivity index (χ1n) is 5.38. The van der Waals surface area contributed by atoms with Gasteiger partial charge in [0.2, 0.25) is 0 Å². The summed E-state index contributed by atoms with van der Waals surface area (Å²) in [6, 6.07) is 0. The molecule has 0 spiro atoms. The lowest BCUT2D eigenvalue weighted by atomic mass is 9.85. The summed E-state index contributed by atoms with van der Waals surface area (Å²) < 4.78 is 5.98. The first-order chi connectivity index (χ1) is 6.35. The topological polar surface area (TPSA) is 9.23 Å². The van der Waals surface area contributed by atoms with Gasteiger partial charge in [-0.15, -0.1) is 5.73 Å². The number of rotatable bonds is 3. The first kappa shape index (κ1) is 9.05. The molecule has 2 bridgehead atoms. The summed E-state index contributed by atoms with van der Waals surface area (Å²) in [5.74, 6) is 0. The van der Waals surface area contributed by atoms with E-state index in [-0.39, 0.29) is 5.60 Å². The number of fused-ring (bicyclic) bond motifs is 2. The second-order valence-corrected chi connectivity index (χ2v) is 4.20. The molecule has 2 fully saturated rings. The van der Waals surface area contributed by atoms with E-state index in [0.717, 1.165) is 6.42 Å². The fraction of sp³-hybridized carbons (Fsp3) is 0.750. The van der Waals surface area contributed by atoms with Crippen LogP contribution in [0.3, 0.4) is 0 Å². The van der Waals surface area contributed by atoms with Crippen molar-refractivity contribution in [2.24, 2.45) is 0 Å². The van der Waals surface area contributed by atoms with E-state index in [1.54, 1.807) is 0 Å². The van der Waals surface area contributed by atoms with Crippen molar-refractivity contribution in [2.45, 2.75) is 57.2 Å². The van der Waals surface area contributed by atoms with Crippen molar-refractivity contribution in [2.75, 3.05) is 0 Å². The fourth-order valence-corrected chi connectivity index (χ4v) is 2.55. The molecule has 2 saturated heterocycles. The second kappa shape index (κ2) is 3.69. The summed E-state index contributed by atoms with van der Waals surface area (Å²) in [5, 5.41) is 0. The van der Waals surface area contributed by atoms with Crippen LogP contribution < -0.4 is 0 Å². The predicted octanol–water partition coefficient (Wildman–Crippen LogP) is 3.21. The van der Waals surface area contributed by atoms with Crippen LogP contribution in [0.2, 0.25) is 0 Å². The Labute approximate surface area is 80.5 Å². The Morgan fingerprint density at radius 2 is 2.23 bits per heavy atom. The van der Waals surface area contributed by atoms with Gasteiger partial charge in [0, 0.05) is 0 Å². The molecule has 2 rings (SSSR count). The van der Waals surface area contributed by atoms with Gasteiger partial charge in [-0.25, -0.2) is 0 Å². The van der Waals surface area contributed by atoms with Crippen molar-refractivity contribution < 1.29 is 4.74 Å². The normalized spacial score (nSPS) is 35.9. The minimum Gasteiger partial charge on any atom is -0.372 e. The smallest absolute Gasteiger partial charge is 0.0691 e. The average molecular weight is 178 g/mol. The quantitative estimate of drug-likeness (QED) is 0.603. The molecule has 0 radical (unpaired) electrons. The number of ether oxygens (including phenoxy) is 1. The molecule has 2 aliphatic rings. The van der Waals surface area contributed by atoms with Gasteiger partial charge in [-0.2, -0.15) is 0 Å². The van der Waals surface area contributed by atoms with Gasteiger partial charge in [0.15, 0.2) is 0 Å². The Balaban J connectivity index is 1.84. The van der Waals surface area contributed by atoms with Crippen molar-refractivity contribution in [3.05, 3.63) is 17.9 Å². The van der Waals surface area contributed by atoms with Crippen LogP contribution in [0, 0.1) is 0 Å². The van der Waals surface area contributed by atoms with E-state index in [0.29, 0.717) is 6.10 Å². The van der Waals surface area contributed by atoms with Gasteiger partial charge in [0.05, 0.1) is 11.7 Å². The SMILES string of the molecule is CC=C=CCCC12CCC(CC1)O2. The van der Waals surface area contributed by atoms with E-state index in [9.17, 15) is 0 Å². The van der Waals surface area contributed by atoms with Crippen LogP contribution in [0.5, 0.6) is 0 Å². The maximum Gasteiger partial charge on any atom is 0.0691 e. The molecular weight excluding hydrogens is 160 g/mol. The van der Waals surface area contributed by atoms with Crippen LogP contribution >= 0.6 is 0 Å². The van der Waals surface area contributed by atoms with Crippen LogP contribution in [0.15, 0.2) is 17.9 Å². The fourth-order valence-electron chi connectivity index (χ4n) is 2.55. The minimum atomic E-state index is 0.274. The number of allylic oxidation sites excluding steroid dienone is 1. The molecule has 0 aliphatic carbocycles. The Morgan fingerprint density at radius 1 is 1.46 bits per heavy atom. The third-order valence-electron chi connectivity index (χ3n) is 3.29. The molecule has 0 aromatic rings. The van der Waals surface area contributed by atoms with Crippen LogP contribution in [0.25, 0.3) is 0 Å². The summed E-state index contributed by atoms with van der Waals surface area (Å²) in [7, 11) is 0. The van der Waals surface area contributed by atoms with Gasteiger partial charge in [0.25, 0.3) is 0 Å². The average Bonchev–Trinajstić information content (AvgIpc) is 2.72. The third-order valence-corrected chi connectivity index (χ3v) is 3.29. The van der Waals surface area contributed by atoms with Crippen LogP contribution in [0.1, 0.15) is 45.4 Å². The van der Waals surface area contributed by atoms with Gasteiger partial charge in [0.1, 0.15) is 0 Å². The standard InChI is InChI=1S/C12H18O/c1-2-3-4-5-8-12-9-6-11(13-12)7-10-12/h2,4,11H,5-10H2,1H3. The van der Waals surface area contributed by atoms with Crippen molar-refractivity contribution in [1.82, 2.24) is 0 Å². The van der Waals surface area contributed by atoms with Crippen LogP contribution in [-0.2, 0) is 4.74 Å². The van der Waals surface area contributed by atoms with Crippen molar-refractivity contribution in [3.63, 3.8) is 0 Å². The Bertz CT molecular complexity index is 228. The summed E-state index contributed by atoms with van der Waals surface area (Å²) in [5.41, 5.74) is 3.40. The molecular formula is C12H18O. The lowest BCUT2D eigenvalue weighted by molar-refractivity contribution is 0.00783. The van der Waals surface area contributed by atoms with Gasteiger partial charge >= 0.3 is 0 Å². The van der Waals surface area contributed by atoms with Gasteiger partial charge in [-0.05, 0) is 57.6 Å². The van der Waals surface area contributed by atoms with Gasteiger partial charge in [-0.3, -0.25) is 0 Å². The monoisotopic (exact) mass is 178 g/mol. The molecule has 0 atom stereocenters. The van der Waals surface area contributed by atoms with Crippen LogP contribution in [-0.4, -0.2) is 11.7 Å². The van der Waals surface area contributed by atoms with Crippen molar-refractivity contribution >= 4 is 0 Å². The highest BCUT2D eigenvalue weighted by Gasteiger charge is 2.45. The van der Waals surface area contributed by atoms with Gasteiger partial charge < -0.3 is 4.74 Å². The van der Waals surface area contributed by atoms with Gasteiger partial charge in [-0.1, -0.05) is 0 Å². The highest BCUT2D eigenvalue weighted by Crippen LogP contribution is 2.46. The summed E-state index contributed by atoms with van der Waals surface area (Å²) in [6.07, 6.45) is 12.2. The highest BCUT2D eigenvalue weighted by molar-refractivity contribution is 4.97. The molecule has 2 heterocycles. The maximum atomic E-state index is 5.98. The highest BCUT2D eigenvalue weighted by atomic mass is 16.5. The molecule has 0 N–H and O–H groups in total. The Kier molecular flexibility index (Phi) is 2.57. The lowest BCUT2D eigenvalue weighted by Crippen LogP contribution is -2.23. The van der Waals surface area contributed by atoms with Crippen molar-refractivity contribution in [3.8, 4) is 0 Å².